The van der Waals surface area contributed by atoms with Gasteiger partial charge in [0.25, 0.3) is 5.91 Å². The molecule has 25 heavy (non-hydrogen) atoms. The van der Waals surface area contributed by atoms with Gasteiger partial charge in [-0.25, -0.2) is 4.68 Å². The molecular weight excluding hydrogens is 322 g/mol. The average Bonchev–Trinajstić information content (AvgIpc) is 3.27. The highest BCUT2D eigenvalue weighted by Gasteiger charge is 2.13. The molecule has 3 aromatic rings. The summed E-state index contributed by atoms with van der Waals surface area (Å²) < 4.78 is 14.3. The first kappa shape index (κ1) is 17.0. The highest BCUT2D eigenvalue weighted by atomic mass is 16.5. The molecule has 0 atom stereocenters. The summed E-state index contributed by atoms with van der Waals surface area (Å²) in [4.78, 5) is 12.3. The Hall–Kier alpha value is -2.87. The normalized spacial score (nSPS) is 11.0. The highest BCUT2D eigenvalue weighted by Crippen LogP contribution is 2.14. The van der Waals surface area contributed by atoms with Gasteiger partial charge in [0, 0.05) is 12.3 Å². The number of nitrogens with one attached hydrogen (secondary N) is 1. The minimum Gasteiger partial charge on any atom is -0.454 e. The van der Waals surface area contributed by atoms with Gasteiger partial charge < -0.3 is 14.5 Å². The van der Waals surface area contributed by atoms with E-state index in [1.165, 1.54) is 0 Å². The number of hydrogen-bond acceptors (Lipinski definition) is 5. The molecule has 3 aromatic heterocycles. The van der Waals surface area contributed by atoms with Gasteiger partial charge in [-0.1, -0.05) is 0 Å². The van der Waals surface area contributed by atoms with E-state index in [1.54, 1.807) is 29.2 Å². The number of carbonyl (C=O) groups excluding carboxylic acids is 1. The van der Waals surface area contributed by atoms with Gasteiger partial charge in [0.05, 0.1) is 30.3 Å². The molecule has 0 bridgehead atoms. The first-order valence-corrected chi connectivity index (χ1v) is 8.06. The molecule has 8 heteroatoms. The van der Waals surface area contributed by atoms with Gasteiger partial charge in [-0.15, -0.1) is 0 Å². The van der Waals surface area contributed by atoms with Crippen LogP contribution < -0.4 is 5.32 Å². The van der Waals surface area contributed by atoms with Crippen LogP contribution in [0.5, 0.6) is 0 Å². The van der Waals surface area contributed by atoms with E-state index in [9.17, 15) is 4.79 Å². The number of aromatic nitrogens is 4. The fourth-order valence-corrected chi connectivity index (χ4v) is 2.44. The summed E-state index contributed by atoms with van der Waals surface area (Å²) in [6.45, 7) is 7.27. The van der Waals surface area contributed by atoms with Crippen LogP contribution in [0.15, 0.2) is 35.0 Å². The van der Waals surface area contributed by atoms with Crippen molar-refractivity contribution in [2.45, 2.75) is 34.0 Å². The van der Waals surface area contributed by atoms with Crippen molar-refractivity contribution in [1.82, 2.24) is 19.6 Å². The molecule has 132 valence electrons. The Bertz CT molecular complexity index is 861. The molecule has 0 aliphatic rings. The minimum atomic E-state index is -0.324. The third-order valence-corrected chi connectivity index (χ3v) is 3.61. The summed E-state index contributed by atoms with van der Waals surface area (Å²) in [5, 5.41) is 11.2. The van der Waals surface area contributed by atoms with E-state index in [0.717, 1.165) is 11.4 Å². The maximum atomic E-state index is 12.3. The van der Waals surface area contributed by atoms with Crippen LogP contribution >= 0.6 is 0 Å². The molecule has 0 radical (unpaired) electrons. The molecule has 0 spiro atoms. The first-order valence-electron chi connectivity index (χ1n) is 8.06. The predicted molar refractivity (Wildman–Crippen MR) is 91.3 cm³/mol. The van der Waals surface area contributed by atoms with Crippen LogP contribution in [0.25, 0.3) is 0 Å². The zero-order valence-electron chi connectivity index (χ0n) is 14.5. The van der Waals surface area contributed by atoms with Crippen LogP contribution in [0.2, 0.25) is 0 Å². The number of rotatable bonds is 7. The maximum Gasteiger partial charge on any atom is 0.291 e. The molecule has 0 aromatic carbocycles. The van der Waals surface area contributed by atoms with Gasteiger partial charge in [0.1, 0.15) is 12.5 Å². The Morgan fingerprint density at radius 2 is 2.20 bits per heavy atom. The molecule has 8 nitrogen and oxygen atoms in total. The molecule has 3 rings (SSSR count). The summed E-state index contributed by atoms with van der Waals surface area (Å²) in [6.07, 6.45) is 3.27. The van der Waals surface area contributed by atoms with Crippen molar-refractivity contribution in [3.8, 4) is 0 Å². The number of nitrogens with zero attached hydrogens (tertiary/aromatic N) is 4. The van der Waals surface area contributed by atoms with Crippen molar-refractivity contribution in [1.29, 1.82) is 0 Å². The summed E-state index contributed by atoms with van der Waals surface area (Å²) in [7, 11) is 0. The molecule has 3 heterocycles. The number of furan rings is 1. The van der Waals surface area contributed by atoms with Gasteiger partial charge in [0.2, 0.25) is 0 Å². The van der Waals surface area contributed by atoms with E-state index in [2.05, 4.69) is 15.5 Å². The number of aryl methyl sites for hydroxylation is 2. The lowest BCUT2D eigenvalue weighted by atomic mass is 10.4. The van der Waals surface area contributed by atoms with Gasteiger partial charge in [0.15, 0.2) is 5.76 Å². The van der Waals surface area contributed by atoms with Gasteiger partial charge in [-0.05, 0) is 39.0 Å². The zero-order valence-corrected chi connectivity index (χ0v) is 14.5. The molecule has 0 saturated carbocycles. The lowest BCUT2D eigenvalue weighted by Crippen LogP contribution is -2.10. The second-order valence-corrected chi connectivity index (χ2v) is 5.70. The van der Waals surface area contributed by atoms with Crippen LogP contribution in [0, 0.1) is 13.8 Å². The Morgan fingerprint density at radius 3 is 2.92 bits per heavy atom. The predicted octanol–water partition coefficient (Wildman–Crippen LogP) is 2.58. The Kier molecular flexibility index (Phi) is 4.99. The van der Waals surface area contributed by atoms with E-state index < -0.39 is 0 Å². The number of anilines is 1. The number of amides is 1. The van der Waals surface area contributed by atoms with Crippen LogP contribution in [-0.2, 0) is 18.0 Å². The van der Waals surface area contributed by atoms with Gasteiger partial charge in [-0.3, -0.25) is 9.48 Å². The average molecular weight is 343 g/mol. The van der Waals surface area contributed by atoms with Crippen molar-refractivity contribution < 1.29 is 13.9 Å². The number of carbonyl (C=O) groups is 1. The maximum absolute atomic E-state index is 12.3. The Balaban J connectivity index is 1.62. The SMILES string of the molecule is CCOCn1cc(NC(=O)c2ccc(Cn3nc(C)cc3C)o2)cn1. The lowest BCUT2D eigenvalue weighted by molar-refractivity contribution is 0.0792. The summed E-state index contributed by atoms with van der Waals surface area (Å²) in [5.74, 6) is 0.591. The summed E-state index contributed by atoms with van der Waals surface area (Å²) in [6, 6.07) is 5.43. The quantitative estimate of drug-likeness (QED) is 0.712. The Morgan fingerprint density at radius 1 is 1.36 bits per heavy atom. The van der Waals surface area contributed by atoms with Crippen molar-refractivity contribution in [2.75, 3.05) is 11.9 Å². The van der Waals surface area contributed by atoms with Crippen molar-refractivity contribution >= 4 is 11.6 Å². The van der Waals surface area contributed by atoms with Crippen LogP contribution in [0.3, 0.4) is 0 Å². The second kappa shape index (κ2) is 7.35. The lowest BCUT2D eigenvalue weighted by Gasteiger charge is -2.02. The zero-order chi connectivity index (χ0) is 17.8. The molecule has 0 fully saturated rings. The third kappa shape index (κ3) is 4.16. The van der Waals surface area contributed by atoms with E-state index in [1.807, 2.05) is 31.5 Å². The third-order valence-electron chi connectivity index (χ3n) is 3.61. The van der Waals surface area contributed by atoms with Crippen molar-refractivity contribution in [3.63, 3.8) is 0 Å². The molecule has 1 N–H and O–H groups in total. The van der Waals surface area contributed by atoms with Crippen LogP contribution in [-0.4, -0.2) is 32.1 Å². The topological polar surface area (TPSA) is 87.1 Å². The summed E-state index contributed by atoms with van der Waals surface area (Å²) >= 11 is 0. The van der Waals surface area contributed by atoms with Gasteiger partial charge >= 0.3 is 0 Å². The van der Waals surface area contributed by atoms with E-state index in [-0.39, 0.29) is 11.7 Å². The molecule has 0 unspecified atom stereocenters. The fraction of sp³-hybridized carbons (Fsp3) is 0.353. The van der Waals surface area contributed by atoms with E-state index in [0.29, 0.717) is 31.3 Å². The molecule has 0 aliphatic carbocycles. The first-order chi connectivity index (χ1) is 12.0. The fourth-order valence-electron chi connectivity index (χ4n) is 2.44. The smallest absolute Gasteiger partial charge is 0.291 e. The van der Waals surface area contributed by atoms with E-state index >= 15 is 0 Å². The van der Waals surface area contributed by atoms with Crippen molar-refractivity contribution in [3.05, 3.63) is 53.5 Å². The minimum absolute atomic E-state index is 0.245. The van der Waals surface area contributed by atoms with Gasteiger partial charge in [-0.2, -0.15) is 10.2 Å². The molecule has 0 aliphatic heterocycles. The largest absolute Gasteiger partial charge is 0.454 e. The standard InChI is InChI=1S/C17H21N5O3/c1-4-24-11-21-9-14(8-18-21)19-17(23)16-6-5-15(25-16)10-22-13(3)7-12(2)20-22/h5-9H,4,10-11H2,1-3H3,(H,19,23). The number of ether oxygens (including phenoxy) is 1. The Labute approximate surface area is 145 Å². The monoisotopic (exact) mass is 343 g/mol. The van der Waals surface area contributed by atoms with Crippen LogP contribution in [0.4, 0.5) is 5.69 Å². The molecule has 0 saturated heterocycles. The van der Waals surface area contributed by atoms with Crippen LogP contribution in [0.1, 0.15) is 34.6 Å². The van der Waals surface area contributed by atoms with E-state index in [4.69, 9.17) is 9.15 Å². The summed E-state index contributed by atoms with van der Waals surface area (Å²) in [5.41, 5.74) is 2.58. The molecule has 1 amide bonds. The highest BCUT2D eigenvalue weighted by molar-refractivity contribution is 6.02. The second-order valence-electron chi connectivity index (χ2n) is 5.70. The molecular formula is C17H21N5O3. The number of hydrogen-bond donors (Lipinski definition) is 1. The van der Waals surface area contributed by atoms with Crippen molar-refractivity contribution in [2.24, 2.45) is 0 Å².